The van der Waals surface area contributed by atoms with Crippen molar-refractivity contribution in [3.05, 3.63) is 0 Å². The Labute approximate surface area is 94.2 Å². The molecule has 1 heterocycles. The van der Waals surface area contributed by atoms with Crippen LogP contribution in [0.2, 0.25) is 0 Å². The molecule has 2 atom stereocenters. The average molecular weight is 252 g/mol. The first-order valence-corrected chi connectivity index (χ1v) is 6.49. The van der Waals surface area contributed by atoms with Crippen molar-refractivity contribution in [2.75, 3.05) is 13.1 Å². The summed E-state index contributed by atoms with van der Waals surface area (Å²) in [5.41, 5.74) is 0. The molecule has 16 heavy (non-hydrogen) atoms. The Balaban J connectivity index is 2.81. The third kappa shape index (κ3) is 2.91. The molecule has 1 aliphatic rings. The van der Waals surface area contributed by atoms with Crippen molar-refractivity contribution in [1.82, 2.24) is 9.03 Å². The van der Waals surface area contributed by atoms with Gasteiger partial charge in [-0.1, -0.05) is 6.92 Å². The number of hydrogen-bond donors (Lipinski definition) is 3. The summed E-state index contributed by atoms with van der Waals surface area (Å²) in [6.45, 7) is 1.88. The summed E-state index contributed by atoms with van der Waals surface area (Å²) >= 11 is 0. The van der Waals surface area contributed by atoms with Crippen LogP contribution in [0.1, 0.15) is 19.8 Å². The smallest absolute Gasteiger partial charge is 0.322 e. The number of aliphatic hydroxyl groups is 1. The van der Waals surface area contributed by atoms with Crippen LogP contribution in [0.4, 0.5) is 0 Å². The summed E-state index contributed by atoms with van der Waals surface area (Å²) < 4.78 is 26.5. The van der Waals surface area contributed by atoms with Gasteiger partial charge in [0.15, 0.2) is 0 Å². The molecule has 94 valence electrons. The van der Waals surface area contributed by atoms with Gasteiger partial charge in [0.25, 0.3) is 10.2 Å². The van der Waals surface area contributed by atoms with Gasteiger partial charge in [0.2, 0.25) is 0 Å². The van der Waals surface area contributed by atoms with E-state index >= 15 is 0 Å². The number of carboxylic acid groups (broad SMARTS) is 1. The zero-order valence-corrected chi connectivity index (χ0v) is 9.77. The lowest BCUT2D eigenvalue weighted by Crippen LogP contribution is -2.46. The van der Waals surface area contributed by atoms with Crippen LogP contribution in [0.25, 0.3) is 0 Å². The van der Waals surface area contributed by atoms with Crippen LogP contribution in [0.3, 0.4) is 0 Å². The number of aliphatic carboxylic acids is 1. The molecule has 0 unspecified atom stereocenters. The van der Waals surface area contributed by atoms with E-state index in [2.05, 4.69) is 4.72 Å². The Hall–Kier alpha value is -0.700. The lowest BCUT2D eigenvalue weighted by molar-refractivity contribution is -0.140. The fourth-order valence-electron chi connectivity index (χ4n) is 1.59. The van der Waals surface area contributed by atoms with Crippen molar-refractivity contribution in [1.29, 1.82) is 0 Å². The summed E-state index contributed by atoms with van der Waals surface area (Å²) in [5, 5.41) is 18.2. The number of nitrogens with zero attached hydrogens (tertiary/aromatic N) is 1. The maximum absolute atomic E-state index is 11.7. The lowest BCUT2D eigenvalue weighted by Gasteiger charge is -2.20. The zero-order chi connectivity index (χ0) is 12.3. The van der Waals surface area contributed by atoms with E-state index in [1.54, 1.807) is 6.92 Å². The van der Waals surface area contributed by atoms with Gasteiger partial charge in [-0.2, -0.15) is 12.7 Å². The second-order valence-corrected chi connectivity index (χ2v) is 5.42. The van der Waals surface area contributed by atoms with Crippen molar-refractivity contribution in [2.45, 2.75) is 31.9 Å². The van der Waals surface area contributed by atoms with E-state index in [1.807, 2.05) is 0 Å². The molecule has 8 heteroatoms. The second kappa shape index (κ2) is 5.09. The highest BCUT2D eigenvalue weighted by atomic mass is 32.2. The van der Waals surface area contributed by atoms with E-state index in [0.29, 0.717) is 6.42 Å². The van der Waals surface area contributed by atoms with E-state index < -0.39 is 28.3 Å². The number of carbonyl (C=O) groups is 1. The molecule has 0 aromatic carbocycles. The summed E-state index contributed by atoms with van der Waals surface area (Å²) in [6.07, 6.45) is -0.366. The lowest BCUT2D eigenvalue weighted by atomic mass is 10.2. The highest BCUT2D eigenvalue weighted by Crippen LogP contribution is 2.20. The van der Waals surface area contributed by atoms with Crippen molar-refractivity contribution < 1.29 is 23.4 Å². The predicted octanol–water partition coefficient (Wildman–Crippen LogP) is -1.25. The second-order valence-electron chi connectivity index (χ2n) is 3.71. The third-order valence-electron chi connectivity index (χ3n) is 2.36. The zero-order valence-electron chi connectivity index (χ0n) is 8.96. The van der Waals surface area contributed by atoms with Crippen LogP contribution in [-0.4, -0.2) is 54.1 Å². The van der Waals surface area contributed by atoms with Gasteiger partial charge in [0.1, 0.15) is 6.04 Å². The van der Waals surface area contributed by atoms with E-state index in [9.17, 15) is 18.3 Å². The van der Waals surface area contributed by atoms with Gasteiger partial charge < -0.3 is 10.2 Å². The average Bonchev–Trinajstić information content (AvgIpc) is 2.58. The Morgan fingerprint density at radius 3 is 2.69 bits per heavy atom. The summed E-state index contributed by atoms with van der Waals surface area (Å²) in [4.78, 5) is 10.8. The molecule has 1 saturated heterocycles. The summed E-state index contributed by atoms with van der Waals surface area (Å²) in [5.74, 6) is -1.24. The van der Waals surface area contributed by atoms with Gasteiger partial charge in [-0.15, -0.1) is 0 Å². The quantitative estimate of drug-likeness (QED) is 0.567. The molecule has 1 aliphatic heterocycles. The van der Waals surface area contributed by atoms with Gasteiger partial charge in [-0.25, -0.2) is 4.72 Å². The van der Waals surface area contributed by atoms with Gasteiger partial charge in [0.05, 0.1) is 6.10 Å². The van der Waals surface area contributed by atoms with E-state index in [1.165, 1.54) is 0 Å². The van der Waals surface area contributed by atoms with E-state index in [4.69, 9.17) is 5.11 Å². The molecule has 0 saturated carbocycles. The van der Waals surface area contributed by atoms with Crippen LogP contribution in [0.5, 0.6) is 0 Å². The Bertz CT molecular complexity index is 355. The van der Waals surface area contributed by atoms with Crippen LogP contribution in [0.15, 0.2) is 0 Å². The molecule has 7 nitrogen and oxygen atoms in total. The van der Waals surface area contributed by atoms with Crippen molar-refractivity contribution in [2.24, 2.45) is 0 Å². The SMILES string of the molecule is CCCNS(=O)(=O)N1C[C@H](O)C[C@H]1C(=O)O. The van der Waals surface area contributed by atoms with Crippen molar-refractivity contribution in [3.8, 4) is 0 Å². The fraction of sp³-hybridized carbons (Fsp3) is 0.875. The monoisotopic (exact) mass is 252 g/mol. The first-order valence-electron chi connectivity index (χ1n) is 5.05. The molecule has 3 N–H and O–H groups in total. The largest absolute Gasteiger partial charge is 0.480 e. The standard InChI is InChI=1S/C8H16N2O5S/c1-2-3-9-16(14,15)10-5-6(11)4-7(10)8(12)13/h6-7,9,11H,2-5H2,1H3,(H,12,13)/t6-,7+/m1/s1. The first-order chi connectivity index (χ1) is 7.38. The molecule has 0 aromatic heterocycles. The molecule has 1 fully saturated rings. The van der Waals surface area contributed by atoms with Gasteiger partial charge >= 0.3 is 5.97 Å². The fourth-order valence-corrected chi connectivity index (χ4v) is 3.10. The van der Waals surface area contributed by atoms with Gasteiger partial charge in [-0.3, -0.25) is 4.79 Å². The number of nitrogens with one attached hydrogen (secondary N) is 1. The molecule has 0 aromatic rings. The van der Waals surface area contributed by atoms with Crippen LogP contribution in [0, 0.1) is 0 Å². The maximum Gasteiger partial charge on any atom is 0.322 e. The molecule has 0 bridgehead atoms. The molecular formula is C8H16N2O5S. The van der Waals surface area contributed by atoms with Crippen LogP contribution in [-0.2, 0) is 15.0 Å². The normalized spacial score (nSPS) is 27.1. The molecular weight excluding hydrogens is 236 g/mol. The number of carboxylic acids is 1. The highest BCUT2D eigenvalue weighted by molar-refractivity contribution is 7.87. The molecule has 0 radical (unpaired) electrons. The number of β-amino-alcohol motifs (C(OH)–C–C–N with tert-alkyl or cyclic N) is 1. The maximum atomic E-state index is 11.7. The van der Waals surface area contributed by atoms with Crippen LogP contribution >= 0.6 is 0 Å². The minimum atomic E-state index is -3.81. The predicted molar refractivity (Wildman–Crippen MR) is 56.0 cm³/mol. The molecule has 0 amide bonds. The van der Waals surface area contributed by atoms with E-state index in [0.717, 1.165) is 4.31 Å². The van der Waals surface area contributed by atoms with Gasteiger partial charge in [0, 0.05) is 19.5 Å². The van der Waals surface area contributed by atoms with E-state index in [-0.39, 0.29) is 19.5 Å². The highest BCUT2D eigenvalue weighted by Gasteiger charge is 2.42. The minimum Gasteiger partial charge on any atom is -0.480 e. The topological polar surface area (TPSA) is 107 Å². The number of rotatable bonds is 5. The Morgan fingerprint density at radius 1 is 1.56 bits per heavy atom. The molecule has 0 spiro atoms. The molecule has 1 rings (SSSR count). The summed E-state index contributed by atoms with van der Waals surface area (Å²) in [6, 6.07) is -1.18. The van der Waals surface area contributed by atoms with Crippen molar-refractivity contribution in [3.63, 3.8) is 0 Å². The van der Waals surface area contributed by atoms with Crippen LogP contribution < -0.4 is 4.72 Å². The number of hydrogen-bond acceptors (Lipinski definition) is 4. The first kappa shape index (κ1) is 13.4. The Morgan fingerprint density at radius 2 is 2.19 bits per heavy atom. The minimum absolute atomic E-state index is 0.0671. The molecule has 0 aliphatic carbocycles. The number of aliphatic hydroxyl groups excluding tert-OH is 1. The summed E-state index contributed by atoms with van der Waals surface area (Å²) in [7, 11) is -3.81. The van der Waals surface area contributed by atoms with Gasteiger partial charge in [-0.05, 0) is 6.42 Å². The Kier molecular flexibility index (Phi) is 4.25. The third-order valence-corrected chi connectivity index (χ3v) is 3.95. The van der Waals surface area contributed by atoms with Crippen molar-refractivity contribution >= 4 is 16.2 Å².